The Labute approximate surface area is 174 Å². The van der Waals surface area contributed by atoms with E-state index in [1.807, 2.05) is 31.2 Å². The van der Waals surface area contributed by atoms with E-state index in [-0.39, 0.29) is 17.2 Å². The lowest BCUT2D eigenvalue weighted by Crippen LogP contribution is -2.53. The Morgan fingerprint density at radius 3 is 2.14 bits per heavy atom. The van der Waals surface area contributed by atoms with Crippen LogP contribution < -0.4 is 10.6 Å². The lowest BCUT2D eigenvalue weighted by atomic mass is 9.49. The molecule has 29 heavy (non-hydrogen) atoms. The third-order valence-corrected chi connectivity index (χ3v) is 7.14. The third kappa shape index (κ3) is 4.82. The fraction of sp³-hybridized carbons (Fsp3) is 0.667. The smallest absolute Gasteiger partial charge is 0.226 e. The fourth-order valence-electron chi connectivity index (χ4n) is 6.13. The predicted molar refractivity (Wildman–Crippen MR) is 112 cm³/mol. The number of nitrogens with one attached hydrogen (secondary N) is 2. The maximum atomic E-state index is 12.9. The molecule has 5 rings (SSSR count). The van der Waals surface area contributed by atoms with E-state index in [1.54, 1.807) is 0 Å². The van der Waals surface area contributed by atoms with Crippen molar-refractivity contribution in [1.82, 2.24) is 10.6 Å². The first kappa shape index (κ1) is 20.4. The summed E-state index contributed by atoms with van der Waals surface area (Å²) in [4.78, 5) is 25.1. The summed E-state index contributed by atoms with van der Waals surface area (Å²) in [5, 5.41) is 6.03. The number of rotatable bonds is 9. The van der Waals surface area contributed by atoms with Gasteiger partial charge in [-0.1, -0.05) is 24.3 Å². The summed E-state index contributed by atoms with van der Waals surface area (Å²) in [6.07, 6.45) is 7.54. The highest BCUT2D eigenvalue weighted by molar-refractivity contribution is 5.84. The fourth-order valence-corrected chi connectivity index (χ4v) is 6.13. The first-order valence-corrected chi connectivity index (χ1v) is 11.3. The number of ether oxygens (including phenoxy) is 1. The highest BCUT2D eigenvalue weighted by Crippen LogP contribution is 2.60. The molecular formula is C24H34N2O3. The summed E-state index contributed by atoms with van der Waals surface area (Å²) in [6, 6.07) is 8.10. The molecule has 4 saturated carbocycles. The number of carbonyl (C=O) groups excluding carboxylic acids is 2. The molecule has 0 unspecified atom stereocenters. The Kier molecular flexibility index (Phi) is 6.23. The first-order chi connectivity index (χ1) is 14.1. The van der Waals surface area contributed by atoms with Crippen LogP contribution in [0, 0.1) is 23.2 Å². The van der Waals surface area contributed by atoms with E-state index in [0.29, 0.717) is 32.7 Å². The molecule has 1 aromatic carbocycles. The normalized spacial score (nSPS) is 29.6. The van der Waals surface area contributed by atoms with E-state index in [2.05, 4.69) is 10.6 Å². The molecule has 4 fully saturated rings. The monoisotopic (exact) mass is 398 g/mol. The van der Waals surface area contributed by atoms with Crippen molar-refractivity contribution in [2.45, 2.75) is 65.0 Å². The van der Waals surface area contributed by atoms with Crippen LogP contribution in [-0.2, 0) is 27.5 Å². The summed E-state index contributed by atoms with van der Waals surface area (Å²) in [5.74, 6) is 2.46. The number of amides is 2. The molecule has 5 heteroatoms. The number of hydrogen-bond donors (Lipinski definition) is 2. The zero-order chi connectivity index (χ0) is 20.3. The largest absolute Gasteiger partial charge is 0.377 e. The van der Waals surface area contributed by atoms with Gasteiger partial charge in [-0.05, 0) is 74.3 Å². The van der Waals surface area contributed by atoms with Crippen LogP contribution in [0.15, 0.2) is 24.3 Å². The Morgan fingerprint density at radius 2 is 1.55 bits per heavy atom. The molecule has 158 valence electrons. The van der Waals surface area contributed by atoms with Crippen molar-refractivity contribution in [3.63, 3.8) is 0 Å². The zero-order valence-corrected chi connectivity index (χ0v) is 17.5. The van der Waals surface area contributed by atoms with E-state index in [9.17, 15) is 9.59 Å². The average molecular weight is 399 g/mol. The topological polar surface area (TPSA) is 67.4 Å². The molecule has 4 aliphatic rings. The molecule has 2 amide bonds. The van der Waals surface area contributed by atoms with E-state index < -0.39 is 0 Å². The van der Waals surface area contributed by atoms with Crippen LogP contribution in [-0.4, -0.2) is 25.0 Å². The SMILES string of the molecule is CCOCc1ccc(CNC(=O)CCNC(=O)C23CC4CC(CC(C4)C2)C3)cc1. The van der Waals surface area contributed by atoms with Crippen LogP contribution in [0.5, 0.6) is 0 Å². The third-order valence-electron chi connectivity index (χ3n) is 7.14. The van der Waals surface area contributed by atoms with Crippen molar-refractivity contribution in [2.75, 3.05) is 13.2 Å². The van der Waals surface area contributed by atoms with E-state index in [0.717, 1.165) is 48.1 Å². The minimum Gasteiger partial charge on any atom is -0.377 e. The highest BCUT2D eigenvalue weighted by atomic mass is 16.5. The molecule has 0 saturated heterocycles. The molecule has 4 aliphatic carbocycles. The number of carbonyl (C=O) groups is 2. The Balaban J connectivity index is 1.17. The first-order valence-electron chi connectivity index (χ1n) is 11.3. The van der Waals surface area contributed by atoms with Crippen molar-refractivity contribution in [1.29, 1.82) is 0 Å². The lowest BCUT2D eigenvalue weighted by molar-refractivity contribution is -0.146. The second-order valence-electron chi connectivity index (χ2n) is 9.43. The number of hydrogen-bond acceptors (Lipinski definition) is 3. The molecule has 0 atom stereocenters. The van der Waals surface area contributed by atoms with Gasteiger partial charge in [0, 0.05) is 31.5 Å². The van der Waals surface area contributed by atoms with Crippen molar-refractivity contribution < 1.29 is 14.3 Å². The lowest BCUT2D eigenvalue weighted by Gasteiger charge is -2.55. The molecule has 0 spiro atoms. The van der Waals surface area contributed by atoms with Crippen LogP contribution in [0.4, 0.5) is 0 Å². The average Bonchev–Trinajstić information content (AvgIpc) is 2.70. The van der Waals surface area contributed by atoms with Crippen LogP contribution in [0.25, 0.3) is 0 Å². The molecule has 0 aliphatic heterocycles. The second kappa shape index (κ2) is 8.86. The van der Waals surface area contributed by atoms with Crippen molar-refractivity contribution in [3.8, 4) is 0 Å². The molecule has 0 heterocycles. The van der Waals surface area contributed by atoms with Gasteiger partial charge in [0.05, 0.1) is 6.61 Å². The van der Waals surface area contributed by atoms with Crippen molar-refractivity contribution >= 4 is 11.8 Å². The van der Waals surface area contributed by atoms with Gasteiger partial charge in [0.2, 0.25) is 11.8 Å². The van der Waals surface area contributed by atoms with Gasteiger partial charge in [-0.15, -0.1) is 0 Å². The van der Waals surface area contributed by atoms with Crippen LogP contribution in [0.1, 0.15) is 63.0 Å². The van der Waals surface area contributed by atoms with Gasteiger partial charge < -0.3 is 15.4 Å². The summed E-state index contributed by atoms with van der Waals surface area (Å²) in [7, 11) is 0. The maximum absolute atomic E-state index is 12.9. The molecule has 0 aromatic heterocycles. The minimum atomic E-state index is -0.130. The van der Waals surface area contributed by atoms with Gasteiger partial charge in [0.25, 0.3) is 0 Å². The molecule has 4 bridgehead atoms. The van der Waals surface area contributed by atoms with Gasteiger partial charge in [-0.3, -0.25) is 9.59 Å². The molecule has 5 nitrogen and oxygen atoms in total. The Morgan fingerprint density at radius 1 is 0.966 bits per heavy atom. The van der Waals surface area contributed by atoms with Gasteiger partial charge in [0.15, 0.2) is 0 Å². The van der Waals surface area contributed by atoms with Crippen LogP contribution >= 0.6 is 0 Å². The summed E-state index contributed by atoms with van der Waals surface area (Å²) in [6.45, 7) is 4.25. The highest BCUT2D eigenvalue weighted by Gasteiger charge is 2.54. The van der Waals surface area contributed by atoms with Crippen molar-refractivity contribution in [2.24, 2.45) is 23.2 Å². The van der Waals surface area contributed by atoms with Gasteiger partial charge >= 0.3 is 0 Å². The maximum Gasteiger partial charge on any atom is 0.226 e. The zero-order valence-electron chi connectivity index (χ0n) is 17.5. The van der Waals surface area contributed by atoms with E-state index >= 15 is 0 Å². The van der Waals surface area contributed by atoms with Gasteiger partial charge in [-0.25, -0.2) is 0 Å². The van der Waals surface area contributed by atoms with E-state index in [4.69, 9.17) is 4.74 Å². The minimum absolute atomic E-state index is 0.0193. The predicted octanol–water partition coefficient (Wildman–Crippen LogP) is 3.56. The van der Waals surface area contributed by atoms with E-state index in [1.165, 1.54) is 19.3 Å². The molecule has 0 radical (unpaired) electrons. The number of benzene rings is 1. The molecule has 2 N–H and O–H groups in total. The molecular weight excluding hydrogens is 364 g/mol. The van der Waals surface area contributed by atoms with Crippen LogP contribution in [0.3, 0.4) is 0 Å². The Bertz CT molecular complexity index is 693. The van der Waals surface area contributed by atoms with Gasteiger partial charge in [0.1, 0.15) is 0 Å². The Hall–Kier alpha value is -1.88. The summed E-state index contributed by atoms with van der Waals surface area (Å²) in [5.41, 5.74) is 2.07. The van der Waals surface area contributed by atoms with Crippen molar-refractivity contribution in [3.05, 3.63) is 35.4 Å². The summed E-state index contributed by atoms with van der Waals surface area (Å²) < 4.78 is 5.39. The molecule has 1 aromatic rings. The quantitative estimate of drug-likeness (QED) is 0.668. The van der Waals surface area contributed by atoms with Gasteiger partial charge in [-0.2, -0.15) is 0 Å². The van der Waals surface area contributed by atoms with Crippen LogP contribution in [0.2, 0.25) is 0 Å². The summed E-state index contributed by atoms with van der Waals surface area (Å²) >= 11 is 0. The second-order valence-corrected chi connectivity index (χ2v) is 9.43. The standard InChI is InChI=1S/C24H34N2O3/c1-2-29-16-18-5-3-17(4-6-18)15-26-22(27)7-8-25-23(28)24-12-19-9-20(13-24)11-21(10-19)14-24/h3-6,19-21H,2,7-16H2,1H3,(H,25,28)(H,26,27).